The van der Waals surface area contributed by atoms with Crippen molar-refractivity contribution in [2.24, 2.45) is 0 Å². The molecule has 1 N–H and O–H groups in total. The normalized spacial score (nSPS) is 35.6. The minimum atomic E-state index is -2.24. The third-order valence-corrected chi connectivity index (χ3v) is 1.91. The van der Waals surface area contributed by atoms with Gasteiger partial charge in [0.05, 0.1) is 6.67 Å². The maximum absolute atomic E-state index is 12.9. The molecule has 83 valence electrons. The molecule has 0 bridgehead atoms. The molecule has 1 rings (SSSR count). The van der Waals surface area contributed by atoms with E-state index in [2.05, 4.69) is 7.11 Å². The number of aliphatic hydroxyl groups is 1. The summed E-state index contributed by atoms with van der Waals surface area (Å²) in [5, 5.41) is 6.75. The molecule has 0 heterocycles. The molecule has 1 radical (unpaired) electrons. The van der Waals surface area contributed by atoms with Crippen LogP contribution in [-0.2, 0) is 32.7 Å². The zero-order valence-corrected chi connectivity index (χ0v) is 10.5. The second-order valence-electron chi connectivity index (χ2n) is 3.04. The summed E-state index contributed by atoms with van der Waals surface area (Å²) in [5.41, 5.74) is -4.40. The van der Waals surface area contributed by atoms with Gasteiger partial charge in [-0.15, -0.1) is 6.42 Å². The van der Waals surface area contributed by atoms with Crippen LogP contribution in [0.4, 0.5) is 17.6 Å². The third-order valence-electron chi connectivity index (χ3n) is 1.91. The second kappa shape index (κ2) is 7.12. The summed E-state index contributed by atoms with van der Waals surface area (Å²) < 4.78 is 49.5. The number of halogens is 4. The van der Waals surface area contributed by atoms with Gasteiger partial charge in [-0.3, -0.25) is 15.2 Å². The van der Waals surface area contributed by atoms with Gasteiger partial charge in [0.15, 0.2) is 0 Å². The summed E-state index contributed by atoms with van der Waals surface area (Å²) in [4.78, 5) is 0. The van der Waals surface area contributed by atoms with Crippen LogP contribution in [0.15, 0.2) is 0 Å². The molecule has 1 aliphatic carbocycles. The summed E-state index contributed by atoms with van der Waals surface area (Å²) in [6, 6.07) is 0. The molecule has 0 aromatic rings. The Balaban J connectivity index is 0. The van der Waals surface area contributed by atoms with Crippen LogP contribution in [0.3, 0.4) is 0 Å². The van der Waals surface area contributed by atoms with E-state index >= 15 is 0 Å². The topological polar surface area (TPSA) is 20.2 Å². The maximum Gasteiger partial charge on any atom is 0.121 e. The summed E-state index contributed by atoms with van der Waals surface area (Å²) in [7, 11) is 2.25. The fourth-order valence-corrected chi connectivity index (χ4v) is 1.24. The summed E-state index contributed by atoms with van der Waals surface area (Å²) >= 11 is 0. The average molecular weight is 289 g/mol. The van der Waals surface area contributed by atoms with Gasteiger partial charge >= 0.3 is 0 Å². The first-order valence-corrected chi connectivity index (χ1v) is 3.69. The van der Waals surface area contributed by atoms with E-state index in [1.807, 2.05) is 0 Å². The minimum absolute atomic E-state index is 0. The average Bonchev–Trinajstić information content (AvgIpc) is 2.48. The van der Waals surface area contributed by atoms with Gasteiger partial charge in [-0.05, 0) is 6.42 Å². The molecule has 2 unspecified atom stereocenters. The van der Waals surface area contributed by atoms with Gasteiger partial charge < -0.3 is 5.11 Å². The van der Waals surface area contributed by atoms with Gasteiger partial charge in [0.1, 0.15) is 12.3 Å². The van der Waals surface area contributed by atoms with Gasteiger partial charge in [0.2, 0.25) is 0 Å². The Morgan fingerprint density at radius 2 is 1.71 bits per heavy atom. The fourth-order valence-electron chi connectivity index (χ4n) is 1.24. The first-order valence-electron chi connectivity index (χ1n) is 3.69. The van der Waals surface area contributed by atoms with Crippen molar-refractivity contribution in [1.29, 1.82) is 0 Å². The van der Waals surface area contributed by atoms with Crippen LogP contribution >= 0.6 is 0 Å². The van der Waals surface area contributed by atoms with Crippen molar-refractivity contribution in [3.8, 4) is 0 Å². The van der Waals surface area contributed by atoms with E-state index in [9.17, 15) is 17.6 Å². The van der Waals surface area contributed by atoms with Crippen LogP contribution in [0.2, 0.25) is 0 Å². The molecule has 0 aromatic carbocycles. The Bertz CT molecular complexity index is 144. The van der Waals surface area contributed by atoms with E-state index in [1.54, 1.807) is 0 Å². The Hall–Kier alpha value is 0.784. The summed E-state index contributed by atoms with van der Waals surface area (Å²) in [6.07, 6.45) is -0.135. The molecule has 1 fully saturated rings. The molecule has 0 aromatic heterocycles. The van der Waals surface area contributed by atoms with Crippen LogP contribution in [0, 0.1) is 13.5 Å². The largest absolute Gasteiger partial charge is 0.569 e. The molecule has 0 spiro atoms. The zero-order chi connectivity index (χ0) is 10.5. The molecule has 1 nitrogen and oxygen atoms in total. The molecule has 2 atom stereocenters. The summed E-state index contributed by atoms with van der Waals surface area (Å²) in [6.45, 7) is -2.51. The van der Waals surface area contributed by atoms with Crippen molar-refractivity contribution < 1.29 is 55.4 Å². The van der Waals surface area contributed by atoms with Crippen LogP contribution in [0.25, 0.3) is 0 Å². The first kappa shape index (κ1) is 17.2. The van der Waals surface area contributed by atoms with Crippen LogP contribution in [0.5, 0.6) is 0 Å². The van der Waals surface area contributed by atoms with E-state index in [1.165, 1.54) is 0 Å². The van der Waals surface area contributed by atoms with E-state index in [-0.39, 0.29) is 39.1 Å². The van der Waals surface area contributed by atoms with Crippen molar-refractivity contribution in [2.45, 2.75) is 24.2 Å². The standard InChI is InChI=1S/C7H9F4.CH3O.Y/c8-4-6(10)1-2-7(11,3-6)5-9;1-2;/h1H,2-5H2;2H,1H2;/q2*-1;. The van der Waals surface area contributed by atoms with Gasteiger partial charge in [-0.1, -0.05) is 0 Å². The predicted molar refractivity (Wildman–Crippen MR) is 40.5 cm³/mol. The van der Waals surface area contributed by atoms with Crippen molar-refractivity contribution in [3.05, 3.63) is 13.5 Å². The van der Waals surface area contributed by atoms with E-state index in [4.69, 9.17) is 5.11 Å². The van der Waals surface area contributed by atoms with Gasteiger partial charge in [0.25, 0.3) is 0 Å². The summed E-state index contributed by atoms with van der Waals surface area (Å²) in [5.74, 6) is 0. The molecule has 0 aliphatic heterocycles. The zero-order valence-electron chi connectivity index (χ0n) is 7.65. The molecular formula is C8H12F4OY-2. The molecular weight excluding hydrogens is 277 g/mol. The van der Waals surface area contributed by atoms with Crippen molar-refractivity contribution in [1.82, 2.24) is 0 Å². The Morgan fingerprint density at radius 3 is 1.93 bits per heavy atom. The first-order chi connectivity index (χ1) is 6.04. The Morgan fingerprint density at radius 1 is 1.21 bits per heavy atom. The number of hydrogen-bond acceptors (Lipinski definition) is 1. The smallest absolute Gasteiger partial charge is 0.121 e. The molecule has 1 aliphatic rings. The predicted octanol–water partition coefficient (Wildman–Crippen LogP) is 2.49. The quantitative estimate of drug-likeness (QED) is 0.611. The maximum atomic E-state index is 12.9. The van der Waals surface area contributed by atoms with Crippen molar-refractivity contribution in [3.63, 3.8) is 0 Å². The SMILES string of the molecule is FCC1(F)[CH-]CC(F)(CF)C1.[CH2-]O.[Y]. The van der Waals surface area contributed by atoms with Crippen LogP contribution in [0.1, 0.15) is 12.8 Å². The van der Waals surface area contributed by atoms with Crippen molar-refractivity contribution >= 4 is 0 Å². The number of alkyl halides is 4. The monoisotopic (exact) mass is 289 g/mol. The number of aliphatic hydroxyl groups excluding tert-OH is 1. The third kappa shape index (κ3) is 4.54. The van der Waals surface area contributed by atoms with E-state index in [0.717, 1.165) is 6.42 Å². The van der Waals surface area contributed by atoms with Crippen LogP contribution < -0.4 is 0 Å². The molecule has 0 amide bonds. The van der Waals surface area contributed by atoms with E-state index < -0.39 is 31.1 Å². The number of rotatable bonds is 2. The van der Waals surface area contributed by atoms with Gasteiger partial charge in [-0.2, -0.15) is 0 Å². The minimum Gasteiger partial charge on any atom is -0.569 e. The number of hydrogen-bond donors (Lipinski definition) is 1. The van der Waals surface area contributed by atoms with Gasteiger partial charge in [0, 0.05) is 38.4 Å². The molecule has 6 heteroatoms. The Labute approximate surface area is 106 Å². The fraction of sp³-hybridized carbons (Fsp3) is 0.750. The molecule has 1 saturated carbocycles. The Kier molecular flexibility index (Phi) is 8.74. The molecule has 0 saturated heterocycles. The second-order valence-corrected chi connectivity index (χ2v) is 3.04. The van der Waals surface area contributed by atoms with Crippen LogP contribution in [-0.4, -0.2) is 29.8 Å². The van der Waals surface area contributed by atoms with Gasteiger partial charge in [-0.25, -0.2) is 15.9 Å². The molecule has 14 heavy (non-hydrogen) atoms. The van der Waals surface area contributed by atoms with E-state index in [0.29, 0.717) is 0 Å². The van der Waals surface area contributed by atoms with Crippen molar-refractivity contribution in [2.75, 3.05) is 13.3 Å².